The maximum Gasteiger partial charge on any atom is 0.118 e. The van der Waals surface area contributed by atoms with Crippen molar-refractivity contribution in [3.05, 3.63) is 28.8 Å². The Morgan fingerprint density at radius 1 is 1.00 bits per heavy atom. The van der Waals surface area contributed by atoms with Crippen molar-refractivity contribution >= 4 is 0 Å². The molecule has 0 aliphatic heterocycles. The van der Waals surface area contributed by atoms with Crippen LogP contribution in [0.1, 0.15) is 42.4 Å². The molecule has 0 atom stereocenters. The van der Waals surface area contributed by atoms with Gasteiger partial charge in [0.1, 0.15) is 5.75 Å². The molecule has 0 saturated carbocycles. The Morgan fingerprint density at radius 3 is 2.38 bits per heavy atom. The average Bonchev–Trinajstić information content (AvgIpc) is 2.28. The van der Waals surface area contributed by atoms with Gasteiger partial charge in [-0.05, 0) is 62.4 Å². The van der Waals surface area contributed by atoms with Crippen molar-refractivity contribution in [2.45, 2.75) is 46.0 Å². The van der Waals surface area contributed by atoms with Crippen LogP contribution in [0.4, 0.5) is 0 Å². The number of phenols is 1. The number of nitrogens with two attached hydrogens (primary N) is 1. The van der Waals surface area contributed by atoms with Gasteiger partial charge in [0.2, 0.25) is 0 Å². The first-order valence-corrected chi connectivity index (χ1v) is 6.15. The maximum absolute atomic E-state index is 9.55. The molecular formula is C14H23NO. The zero-order valence-electron chi connectivity index (χ0n) is 10.4. The van der Waals surface area contributed by atoms with E-state index in [0.717, 1.165) is 24.9 Å². The smallest absolute Gasteiger partial charge is 0.118 e. The second-order valence-electron chi connectivity index (χ2n) is 4.45. The van der Waals surface area contributed by atoms with Crippen molar-refractivity contribution in [3.8, 4) is 5.75 Å². The first-order chi connectivity index (χ1) is 7.66. The molecule has 2 nitrogen and oxygen atoms in total. The van der Waals surface area contributed by atoms with Crippen LogP contribution in [0.2, 0.25) is 0 Å². The lowest BCUT2D eigenvalue weighted by Gasteiger charge is -2.10. The minimum atomic E-state index is 0.407. The third kappa shape index (κ3) is 3.53. The van der Waals surface area contributed by atoms with E-state index in [1.165, 1.54) is 30.4 Å². The maximum atomic E-state index is 9.55. The molecule has 1 rings (SSSR count). The van der Waals surface area contributed by atoms with Crippen molar-refractivity contribution in [2.75, 3.05) is 6.54 Å². The summed E-state index contributed by atoms with van der Waals surface area (Å²) in [6, 6.07) is 3.85. The zero-order valence-corrected chi connectivity index (χ0v) is 10.4. The van der Waals surface area contributed by atoms with Crippen molar-refractivity contribution in [1.29, 1.82) is 0 Å². The van der Waals surface area contributed by atoms with Gasteiger partial charge in [0, 0.05) is 0 Å². The van der Waals surface area contributed by atoms with Crippen LogP contribution in [-0.4, -0.2) is 11.7 Å². The SMILES string of the molecule is Cc1c(O)ccc(CCCCCCN)c1C. The fraction of sp³-hybridized carbons (Fsp3) is 0.571. The molecule has 0 saturated heterocycles. The summed E-state index contributed by atoms with van der Waals surface area (Å²) in [4.78, 5) is 0. The van der Waals surface area contributed by atoms with Gasteiger partial charge < -0.3 is 10.8 Å². The zero-order chi connectivity index (χ0) is 12.0. The summed E-state index contributed by atoms with van der Waals surface area (Å²) in [5.41, 5.74) is 9.07. The van der Waals surface area contributed by atoms with Crippen LogP contribution in [0.25, 0.3) is 0 Å². The van der Waals surface area contributed by atoms with Crippen LogP contribution in [0.5, 0.6) is 5.75 Å². The van der Waals surface area contributed by atoms with E-state index in [2.05, 4.69) is 6.92 Å². The molecule has 16 heavy (non-hydrogen) atoms. The molecule has 1 aromatic rings. The van der Waals surface area contributed by atoms with E-state index in [-0.39, 0.29) is 0 Å². The first-order valence-electron chi connectivity index (χ1n) is 6.15. The van der Waals surface area contributed by atoms with Crippen molar-refractivity contribution in [2.24, 2.45) is 5.73 Å². The summed E-state index contributed by atoms with van der Waals surface area (Å²) in [6.07, 6.45) is 5.93. The summed E-state index contributed by atoms with van der Waals surface area (Å²) in [5.74, 6) is 0.407. The predicted molar refractivity (Wildman–Crippen MR) is 68.8 cm³/mol. The summed E-state index contributed by atoms with van der Waals surface area (Å²) in [6.45, 7) is 4.87. The van der Waals surface area contributed by atoms with E-state index < -0.39 is 0 Å². The minimum absolute atomic E-state index is 0.407. The molecule has 1 aromatic carbocycles. The summed E-state index contributed by atoms with van der Waals surface area (Å²) in [7, 11) is 0. The molecule has 2 heteroatoms. The third-order valence-corrected chi connectivity index (χ3v) is 3.27. The first kappa shape index (κ1) is 13.0. The van der Waals surface area contributed by atoms with Crippen LogP contribution >= 0.6 is 0 Å². The molecule has 0 bridgehead atoms. The summed E-state index contributed by atoms with van der Waals surface area (Å²) >= 11 is 0. The molecule has 0 unspecified atom stereocenters. The van der Waals surface area contributed by atoms with E-state index in [1.807, 2.05) is 13.0 Å². The van der Waals surface area contributed by atoms with Gasteiger partial charge in [0.05, 0.1) is 0 Å². The quantitative estimate of drug-likeness (QED) is 0.725. The molecule has 0 heterocycles. The predicted octanol–water partition coefficient (Wildman–Crippen LogP) is 3.07. The Hall–Kier alpha value is -1.02. The summed E-state index contributed by atoms with van der Waals surface area (Å²) in [5, 5.41) is 9.55. The van der Waals surface area contributed by atoms with Crippen molar-refractivity contribution in [3.63, 3.8) is 0 Å². The van der Waals surface area contributed by atoms with Gasteiger partial charge in [-0.15, -0.1) is 0 Å². The lowest BCUT2D eigenvalue weighted by molar-refractivity contribution is 0.470. The molecule has 0 spiro atoms. The minimum Gasteiger partial charge on any atom is -0.508 e. The third-order valence-electron chi connectivity index (χ3n) is 3.27. The lowest BCUT2D eigenvalue weighted by atomic mass is 9.97. The van der Waals surface area contributed by atoms with Crippen molar-refractivity contribution in [1.82, 2.24) is 0 Å². The Bertz CT molecular complexity index is 334. The van der Waals surface area contributed by atoms with Gasteiger partial charge in [-0.1, -0.05) is 18.9 Å². The number of aryl methyl sites for hydroxylation is 1. The van der Waals surface area contributed by atoms with Crippen LogP contribution in [0.3, 0.4) is 0 Å². The van der Waals surface area contributed by atoms with Crippen LogP contribution in [-0.2, 0) is 6.42 Å². The highest BCUT2D eigenvalue weighted by Crippen LogP contribution is 2.24. The fourth-order valence-corrected chi connectivity index (χ4v) is 1.95. The van der Waals surface area contributed by atoms with E-state index in [0.29, 0.717) is 5.75 Å². The Morgan fingerprint density at radius 2 is 1.69 bits per heavy atom. The number of rotatable bonds is 6. The molecule has 0 aliphatic rings. The second-order valence-corrected chi connectivity index (χ2v) is 4.45. The van der Waals surface area contributed by atoms with Gasteiger partial charge in [0.25, 0.3) is 0 Å². The largest absolute Gasteiger partial charge is 0.508 e. The Labute approximate surface area is 98.5 Å². The standard InChI is InChI=1S/C14H23NO/c1-11-12(2)14(16)9-8-13(11)7-5-3-4-6-10-15/h8-9,16H,3-7,10,15H2,1-2H3. The van der Waals surface area contributed by atoms with E-state index in [9.17, 15) is 5.11 Å². The Kier molecular flexibility index (Phi) is 5.33. The molecular weight excluding hydrogens is 198 g/mol. The monoisotopic (exact) mass is 221 g/mol. The number of unbranched alkanes of at least 4 members (excludes halogenated alkanes) is 3. The van der Waals surface area contributed by atoms with Gasteiger partial charge in [-0.25, -0.2) is 0 Å². The number of phenolic OH excluding ortho intramolecular Hbond substituents is 1. The lowest BCUT2D eigenvalue weighted by Crippen LogP contribution is -1.98. The molecule has 0 aromatic heterocycles. The van der Waals surface area contributed by atoms with E-state index >= 15 is 0 Å². The van der Waals surface area contributed by atoms with Crippen LogP contribution < -0.4 is 5.73 Å². The molecule has 0 radical (unpaired) electrons. The van der Waals surface area contributed by atoms with Gasteiger partial charge in [-0.3, -0.25) is 0 Å². The van der Waals surface area contributed by atoms with Gasteiger partial charge in [0.15, 0.2) is 0 Å². The fourth-order valence-electron chi connectivity index (χ4n) is 1.95. The molecule has 0 aliphatic carbocycles. The molecule has 90 valence electrons. The van der Waals surface area contributed by atoms with Gasteiger partial charge in [-0.2, -0.15) is 0 Å². The number of benzene rings is 1. The second kappa shape index (κ2) is 6.54. The van der Waals surface area contributed by atoms with Crippen molar-refractivity contribution < 1.29 is 5.11 Å². The van der Waals surface area contributed by atoms with Crippen LogP contribution in [0, 0.1) is 13.8 Å². The number of hydrogen-bond acceptors (Lipinski definition) is 2. The van der Waals surface area contributed by atoms with Gasteiger partial charge >= 0.3 is 0 Å². The normalized spacial score (nSPS) is 10.7. The average molecular weight is 221 g/mol. The highest BCUT2D eigenvalue weighted by Gasteiger charge is 2.04. The van der Waals surface area contributed by atoms with E-state index in [1.54, 1.807) is 6.07 Å². The highest BCUT2D eigenvalue weighted by atomic mass is 16.3. The Balaban J connectivity index is 2.45. The van der Waals surface area contributed by atoms with E-state index in [4.69, 9.17) is 5.73 Å². The summed E-state index contributed by atoms with van der Waals surface area (Å²) < 4.78 is 0. The topological polar surface area (TPSA) is 46.2 Å². The number of hydrogen-bond donors (Lipinski definition) is 2. The van der Waals surface area contributed by atoms with Crippen LogP contribution in [0.15, 0.2) is 12.1 Å². The molecule has 0 amide bonds. The molecule has 3 N–H and O–H groups in total. The number of aromatic hydroxyl groups is 1. The molecule has 0 fully saturated rings. The highest BCUT2D eigenvalue weighted by molar-refractivity contribution is 5.42.